The molecule has 1 aromatic rings. The number of hydrogen-bond acceptors (Lipinski definition) is 2. The lowest BCUT2D eigenvalue weighted by Crippen LogP contribution is -2.37. The number of aliphatic imine (C=N–C) groups is 1. The molecule has 4 heteroatoms. The number of nitrogens with two attached hydrogens (primary N) is 1. The Balaban J connectivity index is 2.85. The molecule has 0 atom stereocenters. The Kier molecular flexibility index (Phi) is 5.86. The second kappa shape index (κ2) is 7.17. The minimum atomic E-state index is -0.218. The van der Waals surface area contributed by atoms with Crippen molar-refractivity contribution in [1.29, 1.82) is 0 Å². The van der Waals surface area contributed by atoms with Crippen LogP contribution in [-0.2, 0) is 6.54 Å². The molecule has 20 heavy (non-hydrogen) atoms. The van der Waals surface area contributed by atoms with Crippen LogP contribution in [-0.4, -0.2) is 29.6 Å². The summed E-state index contributed by atoms with van der Waals surface area (Å²) in [5.41, 5.74) is 6.83. The van der Waals surface area contributed by atoms with E-state index in [1.54, 1.807) is 0 Å². The van der Waals surface area contributed by atoms with Crippen molar-refractivity contribution in [3.8, 4) is 5.75 Å². The number of rotatable bonds is 5. The summed E-state index contributed by atoms with van der Waals surface area (Å²) in [5.74, 6) is 1.46. The first-order valence-corrected chi connectivity index (χ1v) is 7.19. The molecule has 0 unspecified atom stereocenters. The fraction of sp³-hybridized carbons (Fsp3) is 0.562. The van der Waals surface area contributed by atoms with Crippen molar-refractivity contribution < 1.29 is 4.74 Å². The van der Waals surface area contributed by atoms with Crippen molar-refractivity contribution in [1.82, 2.24) is 4.90 Å². The van der Waals surface area contributed by atoms with Gasteiger partial charge in [0.15, 0.2) is 5.96 Å². The van der Waals surface area contributed by atoms with Crippen LogP contribution < -0.4 is 10.5 Å². The van der Waals surface area contributed by atoms with E-state index in [2.05, 4.69) is 18.8 Å². The third-order valence-electron chi connectivity index (χ3n) is 2.89. The fourth-order valence-electron chi connectivity index (χ4n) is 1.88. The van der Waals surface area contributed by atoms with Gasteiger partial charge >= 0.3 is 0 Å². The van der Waals surface area contributed by atoms with Gasteiger partial charge in [0.25, 0.3) is 0 Å². The van der Waals surface area contributed by atoms with E-state index in [0.717, 1.165) is 24.4 Å². The molecule has 0 aliphatic rings. The third-order valence-corrected chi connectivity index (χ3v) is 2.89. The zero-order chi connectivity index (χ0) is 15.2. The number of hydrogen-bond donors (Lipinski definition) is 1. The van der Waals surface area contributed by atoms with Crippen LogP contribution in [0.4, 0.5) is 0 Å². The minimum absolute atomic E-state index is 0.218. The van der Waals surface area contributed by atoms with Gasteiger partial charge in [-0.3, -0.25) is 0 Å². The highest BCUT2D eigenvalue weighted by atomic mass is 16.5. The summed E-state index contributed by atoms with van der Waals surface area (Å²) in [5, 5.41) is 0. The van der Waals surface area contributed by atoms with Gasteiger partial charge in [0.2, 0.25) is 0 Å². The molecule has 4 nitrogen and oxygen atoms in total. The fourth-order valence-corrected chi connectivity index (χ4v) is 1.88. The first-order chi connectivity index (χ1) is 9.37. The zero-order valence-electron chi connectivity index (χ0n) is 13.3. The lowest BCUT2D eigenvalue weighted by Gasteiger charge is -2.23. The Morgan fingerprint density at radius 1 is 1.20 bits per heavy atom. The third kappa shape index (κ3) is 5.11. The van der Waals surface area contributed by atoms with Gasteiger partial charge in [-0.15, -0.1) is 0 Å². The molecule has 1 rings (SSSR count). The maximum Gasteiger partial charge on any atom is 0.191 e. The maximum atomic E-state index is 6.00. The molecule has 2 N–H and O–H groups in total. The van der Waals surface area contributed by atoms with E-state index >= 15 is 0 Å². The van der Waals surface area contributed by atoms with E-state index in [4.69, 9.17) is 10.5 Å². The summed E-state index contributed by atoms with van der Waals surface area (Å²) in [6, 6.07) is 7.97. The Bertz CT molecular complexity index is 445. The molecule has 0 bridgehead atoms. The van der Waals surface area contributed by atoms with Crippen LogP contribution in [0, 0.1) is 0 Å². The molecular formula is C16H27N3O. The summed E-state index contributed by atoms with van der Waals surface area (Å²) in [6.45, 7) is 12.5. The Morgan fingerprint density at radius 2 is 1.80 bits per heavy atom. The van der Waals surface area contributed by atoms with Crippen LogP contribution in [0.2, 0.25) is 0 Å². The van der Waals surface area contributed by atoms with Gasteiger partial charge in [-0.05, 0) is 40.7 Å². The molecule has 0 amide bonds. The summed E-state index contributed by atoms with van der Waals surface area (Å²) in [7, 11) is 0. The molecule has 0 aliphatic carbocycles. The van der Waals surface area contributed by atoms with Gasteiger partial charge in [0, 0.05) is 18.7 Å². The largest absolute Gasteiger partial charge is 0.488 e. The Hall–Kier alpha value is -1.71. The predicted molar refractivity (Wildman–Crippen MR) is 85.1 cm³/mol. The van der Waals surface area contributed by atoms with Crippen LogP contribution in [0.5, 0.6) is 5.75 Å². The smallest absolute Gasteiger partial charge is 0.191 e. The highest BCUT2D eigenvalue weighted by molar-refractivity contribution is 5.78. The predicted octanol–water partition coefficient (Wildman–Crippen LogP) is 3.02. The van der Waals surface area contributed by atoms with E-state index in [0.29, 0.717) is 12.5 Å². The molecule has 0 heterocycles. The second-order valence-corrected chi connectivity index (χ2v) is 5.67. The summed E-state index contributed by atoms with van der Waals surface area (Å²) in [4.78, 5) is 6.50. The lowest BCUT2D eigenvalue weighted by molar-refractivity contribution is 0.129. The SMILES string of the molecule is CCN(CC)C(N)=NCc1ccccc1OC(C)(C)C. The van der Waals surface area contributed by atoms with Gasteiger partial charge in [-0.1, -0.05) is 18.2 Å². The molecule has 0 radical (unpaired) electrons. The summed E-state index contributed by atoms with van der Waals surface area (Å²) in [6.07, 6.45) is 0. The van der Waals surface area contributed by atoms with Gasteiger partial charge in [-0.25, -0.2) is 4.99 Å². The first-order valence-electron chi connectivity index (χ1n) is 7.19. The molecule has 0 saturated carbocycles. The lowest BCUT2D eigenvalue weighted by atomic mass is 10.1. The molecule has 112 valence electrons. The maximum absolute atomic E-state index is 6.00. The van der Waals surface area contributed by atoms with Gasteiger partial charge in [0.05, 0.1) is 6.54 Å². The first kappa shape index (κ1) is 16.3. The molecule has 1 aromatic carbocycles. The van der Waals surface area contributed by atoms with Crippen molar-refractivity contribution in [2.45, 2.75) is 46.8 Å². The quantitative estimate of drug-likeness (QED) is 0.665. The number of guanidine groups is 1. The van der Waals surface area contributed by atoms with E-state index in [-0.39, 0.29) is 5.60 Å². The van der Waals surface area contributed by atoms with Crippen LogP contribution >= 0.6 is 0 Å². The monoisotopic (exact) mass is 277 g/mol. The second-order valence-electron chi connectivity index (χ2n) is 5.67. The normalized spacial score (nSPS) is 12.3. The molecule has 0 aliphatic heterocycles. The molecule has 0 spiro atoms. The average molecular weight is 277 g/mol. The van der Waals surface area contributed by atoms with Crippen LogP contribution in [0.25, 0.3) is 0 Å². The van der Waals surface area contributed by atoms with E-state index in [1.807, 2.05) is 49.9 Å². The highest BCUT2D eigenvalue weighted by Crippen LogP contribution is 2.23. The summed E-state index contributed by atoms with van der Waals surface area (Å²) >= 11 is 0. The van der Waals surface area contributed by atoms with Crippen LogP contribution in [0.15, 0.2) is 29.3 Å². The van der Waals surface area contributed by atoms with Crippen LogP contribution in [0.3, 0.4) is 0 Å². The number of ether oxygens (including phenoxy) is 1. The number of para-hydroxylation sites is 1. The average Bonchev–Trinajstić information content (AvgIpc) is 2.37. The van der Waals surface area contributed by atoms with E-state index < -0.39 is 0 Å². The number of nitrogens with zero attached hydrogens (tertiary/aromatic N) is 2. The molecular weight excluding hydrogens is 250 g/mol. The van der Waals surface area contributed by atoms with Crippen molar-refractivity contribution in [2.75, 3.05) is 13.1 Å². The van der Waals surface area contributed by atoms with Crippen molar-refractivity contribution >= 4 is 5.96 Å². The van der Waals surface area contributed by atoms with Gasteiger partial charge in [0.1, 0.15) is 11.4 Å². The van der Waals surface area contributed by atoms with Crippen LogP contribution in [0.1, 0.15) is 40.2 Å². The van der Waals surface area contributed by atoms with Crippen molar-refractivity contribution in [3.05, 3.63) is 29.8 Å². The molecule has 0 saturated heterocycles. The Morgan fingerprint density at radius 3 is 2.35 bits per heavy atom. The topological polar surface area (TPSA) is 50.8 Å². The van der Waals surface area contributed by atoms with E-state index in [9.17, 15) is 0 Å². The van der Waals surface area contributed by atoms with Crippen molar-refractivity contribution in [3.63, 3.8) is 0 Å². The van der Waals surface area contributed by atoms with Gasteiger partial charge in [-0.2, -0.15) is 0 Å². The Labute approximate surface area is 122 Å². The standard InChI is InChI=1S/C16H27N3O/c1-6-19(7-2)15(17)18-12-13-10-8-9-11-14(13)20-16(3,4)5/h8-11H,6-7,12H2,1-5H3,(H2,17,18). The van der Waals surface area contributed by atoms with E-state index in [1.165, 1.54) is 0 Å². The summed E-state index contributed by atoms with van der Waals surface area (Å²) < 4.78 is 5.95. The molecule has 0 aromatic heterocycles. The minimum Gasteiger partial charge on any atom is -0.488 e. The number of benzene rings is 1. The van der Waals surface area contributed by atoms with Gasteiger partial charge < -0.3 is 15.4 Å². The van der Waals surface area contributed by atoms with Crippen molar-refractivity contribution in [2.24, 2.45) is 10.7 Å². The molecule has 0 fully saturated rings. The highest BCUT2D eigenvalue weighted by Gasteiger charge is 2.14. The zero-order valence-corrected chi connectivity index (χ0v) is 13.3.